The fraction of sp³-hybridized carbons (Fsp3) is 0.857. The van der Waals surface area contributed by atoms with Gasteiger partial charge in [-0.2, -0.15) is 0 Å². The Morgan fingerprint density at radius 2 is 1.69 bits per heavy atom. The van der Waals surface area contributed by atoms with Crippen LogP contribution in [0.4, 0.5) is 0 Å². The Balaban J connectivity index is 0. The van der Waals surface area contributed by atoms with Crippen LogP contribution in [-0.2, 0) is 14.1 Å². The molecule has 0 aromatic rings. The van der Waals surface area contributed by atoms with Crippen LogP contribution in [0.15, 0.2) is 0 Å². The first-order valence-electron chi connectivity index (χ1n) is 3.98. The predicted octanol–water partition coefficient (Wildman–Crippen LogP) is 1.14. The van der Waals surface area contributed by atoms with Gasteiger partial charge in [-0.3, -0.25) is 9.36 Å². The van der Waals surface area contributed by atoms with Crippen LogP contribution in [0.25, 0.3) is 0 Å². The molecule has 0 rings (SSSR count). The number of ether oxygens (including phenoxy) is 1. The molecule has 0 bridgehead atoms. The van der Waals surface area contributed by atoms with E-state index in [1.807, 2.05) is 0 Å². The van der Waals surface area contributed by atoms with Gasteiger partial charge in [0.25, 0.3) is 0 Å². The van der Waals surface area contributed by atoms with Crippen molar-refractivity contribution >= 4 is 13.6 Å². The van der Waals surface area contributed by atoms with Crippen molar-refractivity contribution in [2.45, 2.75) is 26.7 Å². The van der Waals surface area contributed by atoms with Crippen LogP contribution >= 0.6 is 7.60 Å². The Bertz CT molecular complexity index is 172. The zero-order valence-corrected chi connectivity index (χ0v) is 9.08. The quantitative estimate of drug-likeness (QED) is 0.541. The van der Waals surface area contributed by atoms with Gasteiger partial charge >= 0.3 is 13.6 Å². The fourth-order valence-corrected chi connectivity index (χ4v) is 0.698. The fourth-order valence-electron chi connectivity index (χ4n) is 0.233. The van der Waals surface area contributed by atoms with E-state index in [4.69, 9.17) is 9.79 Å². The molecule has 80 valence electrons. The van der Waals surface area contributed by atoms with Crippen LogP contribution in [0.1, 0.15) is 26.7 Å². The average molecular weight is 212 g/mol. The molecule has 0 heterocycles. The molecule has 0 saturated carbocycles. The highest BCUT2D eigenvalue weighted by atomic mass is 31.2. The molecule has 0 saturated heterocycles. The van der Waals surface area contributed by atoms with Crippen molar-refractivity contribution in [2.75, 3.05) is 13.3 Å². The normalized spacial score (nSPS) is 9.92. The van der Waals surface area contributed by atoms with Crippen molar-refractivity contribution in [2.24, 2.45) is 0 Å². The number of hydrogen-bond donors (Lipinski definition) is 2. The van der Waals surface area contributed by atoms with Gasteiger partial charge < -0.3 is 14.5 Å². The van der Waals surface area contributed by atoms with Gasteiger partial charge in [0.2, 0.25) is 0 Å². The van der Waals surface area contributed by atoms with E-state index in [2.05, 4.69) is 18.6 Å². The lowest BCUT2D eigenvalue weighted by Crippen LogP contribution is -2.06. The molecule has 0 aliphatic heterocycles. The lowest BCUT2D eigenvalue weighted by Gasteiger charge is -1.99. The van der Waals surface area contributed by atoms with Crippen LogP contribution in [-0.4, -0.2) is 29.0 Å². The highest BCUT2D eigenvalue weighted by Crippen LogP contribution is 2.33. The van der Waals surface area contributed by atoms with E-state index in [9.17, 15) is 9.36 Å². The molecule has 0 amide bonds. The summed E-state index contributed by atoms with van der Waals surface area (Å²) < 4.78 is 14.0. The first kappa shape index (κ1) is 15.1. The Kier molecular flexibility index (Phi) is 9.56. The van der Waals surface area contributed by atoms with Crippen molar-refractivity contribution in [3.63, 3.8) is 0 Å². The highest BCUT2D eigenvalue weighted by molar-refractivity contribution is 7.52. The van der Waals surface area contributed by atoms with Gasteiger partial charge in [-0.15, -0.1) is 0 Å². The number of methoxy groups -OCH3 is 1. The summed E-state index contributed by atoms with van der Waals surface area (Å²) in [5, 5.41) is 0. The molecule has 5 nitrogen and oxygen atoms in total. The van der Waals surface area contributed by atoms with E-state index >= 15 is 0 Å². The van der Waals surface area contributed by atoms with Gasteiger partial charge in [-0.25, -0.2) is 0 Å². The highest BCUT2D eigenvalue weighted by Gasteiger charge is 2.18. The second kappa shape index (κ2) is 8.23. The second-order valence-corrected chi connectivity index (χ2v) is 4.04. The molecule has 0 fully saturated rings. The maximum Gasteiger partial charge on any atom is 0.336 e. The van der Waals surface area contributed by atoms with E-state index in [-0.39, 0.29) is 0 Å². The molecule has 13 heavy (non-hydrogen) atoms. The standard InChI is InChI=1S/C4H10.C3H7O5P/c1-3-4-2;1-8-3(4)2-9(5,6)7/h3-4H2,1-2H3;2H2,1H3,(H2,5,6,7). The molecular formula is C7H17O5P. The molecule has 0 radical (unpaired) electrons. The van der Waals surface area contributed by atoms with Crippen molar-refractivity contribution < 1.29 is 23.9 Å². The summed E-state index contributed by atoms with van der Waals surface area (Å²) in [6, 6.07) is 0. The summed E-state index contributed by atoms with van der Waals surface area (Å²) in [6.45, 7) is 4.36. The number of esters is 1. The zero-order chi connectivity index (χ0) is 10.9. The van der Waals surface area contributed by atoms with Crippen molar-refractivity contribution in [3.05, 3.63) is 0 Å². The van der Waals surface area contributed by atoms with E-state index in [1.54, 1.807) is 0 Å². The lowest BCUT2D eigenvalue weighted by atomic mass is 10.4. The Labute approximate surface area is 78.3 Å². The number of hydrogen-bond acceptors (Lipinski definition) is 3. The lowest BCUT2D eigenvalue weighted by molar-refractivity contribution is -0.137. The Morgan fingerprint density at radius 1 is 1.31 bits per heavy atom. The first-order valence-corrected chi connectivity index (χ1v) is 5.78. The van der Waals surface area contributed by atoms with Crippen LogP contribution in [0.2, 0.25) is 0 Å². The van der Waals surface area contributed by atoms with Crippen molar-refractivity contribution in [3.8, 4) is 0 Å². The molecular weight excluding hydrogens is 195 g/mol. The molecule has 0 aromatic carbocycles. The van der Waals surface area contributed by atoms with Gasteiger partial charge in [0.1, 0.15) is 6.16 Å². The molecule has 6 heteroatoms. The number of unbranched alkanes of at least 4 members (excludes halogenated alkanes) is 1. The van der Waals surface area contributed by atoms with E-state index in [0.29, 0.717) is 0 Å². The molecule has 0 atom stereocenters. The molecule has 0 aromatic heterocycles. The zero-order valence-electron chi connectivity index (χ0n) is 8.19. The third kappa shape index (κ3) is 18.5. The number of carbonyl (C=O) groups excluding carboxylic acids is 1. The summed E-state index contributed by atoms with van der Waals surface area (Å²) in [6.07, 6.45) is 1.80. The summed E-state index contributed by atoms with van der Waals surface area (Å²) in [4.78, 5) is 26.4. The van der Waals surface area contributed by atoms with E-state index in [0.717, 1.165) is 7.11 Å². The summed E-state index contributed by atoms with van der Waals surface area (Å²) in [5.74, 6) is -0.900. The van der Waals surface area contributed by atoms with Gasteiger partial charge in [0, 0.05) is 0 Å². The summed E-state index contributed by atoms with van der Waals surface area (Å²) in [7, 11) is -3.15. The summed E-state index contributed by atoms with van der Waals surface area (Å²) >= 11 is 0. The Hall–Kier alpha value is -0.380. The molecule has 0 aliphatic carbocycles. The minimum absolute atomic E-state index is 0.844. The van der Waals surface area contributed by atoms with Crippen LogP contribution < -0.4 is 0 Å². The van der Waals surface area contributed by atoms with Crippen molar-refractivity contribution in [1.29, 1.82) is 0 Å². The molecule has 0 unspecified atom stereocenters. The van der Waals surface area contributed by atoms with Gasteiger partial charge in [-0.05, 0) is 0 Å². The SMILES string of the molecule is CCCC.COC(=O)CP(=O)(O)O. The molecule has 0 aliphatic rings. The van der Waals surface area contributed by atoms with Crippen LogP contribution in [0.3, 0.4) is 0 Å². The largest absolute Gasteiger partial charge is 0.469 e. The number of carbonyl (C=O) groups is 1. The molecule has 0 spiro atoms. The van der Waals surface area contributed by atoms with E-state index in [1.165, 1.54) is 12.8 Å². The first-order chi connectivity index (χ1) is 5.87. The maximum absolute atomic E-state index is 10.1. The maximum atomic E-state index is 10.1. The third-order valence-corrected chi connectivity index (χ3v) is 1.73. The minimum Gasteiger partial charge on any atom is -0.469 e. The smallest absolute Gasteiger partial charge is 0.336 e. The minimum atomic E-state index is -4.21. The van der Waals surface area contributed by atoms with Crippen LogP contribution in [0.5, 0.6) is 0 Å². The predicted molar refractivity (Wildman–Crippen MR) is 49.5 cm³/mol. The average Bonchev–Trinajstić information content (AvgIpc) is 2.02. The topological polar surface area (TPSA) is 83.8 Å². The second-order valence-electron chi connectivity index (χ2n) is 2.40. The van der Waals surface area contributed by atoms with Crippen LogP contribution in [0, 0.1) is 0 Å². The molecule has 2 N–H and O–H groups in total. The number of rotatable bonds is 3. The summed E-state index contributed by atoms with van der Waals surface area (Å²) in [5.41, 5.74) is 0. The van der Waals surface area contributed by atoms with Crippen molar-refractivity contribution in [1.82, 2.24) is 0 Å². The van der Waals surface area contributed by atoms with E-state index < -0.39 is 19.7 Å². The van der Waals surface area contributed by atoms with Gasteiger partial charge in [0.05, 0.1) is 7.11 Å². The monoisotopic (exact) mass is 212 g/mol. The van der Waals surface area contributed by atoms with Gasteiger partial charge in [0.15, 0.2) is 0 Å². The van der Waals surface area contributed by atoms with Gasteiger partial charge in [-0.1, -0.05) is 26.7 Å². The third-order valence-electron chi connectivity index (χ3n) is 1.06. The Morgan fingerprint density at radius 3 is 1.77 bits per heavy atom.